The Morgan fingerprint density at radius 3 is 2.62 bits per heavy atom. The quantitative estimate of drug-likeness (QED) is 0.684. The van der Waals surface area contributed by atoms with Crippen LogP contribution >= 0.6 is 11.3 Å². The third-order valence-electron chi connectivity index (χ3n) is 3.97. The van der Waals surface area contributed by atoms with Crippen LogP contribution in [0.5, 0.6) is 0 Å². The Kier molecular flexibility index (Phi) is 5.01. The zero-order chi connectivity index (χ0) is 19.0. The van der Waals surface area contributed by atoms with Gasteiger partial charge < -0.3 is 4.90 Å². The van der Waals surface area contributed by atoms with Gasteiger partial charge in [-0.3, -0.25) is 14.4 Å². The van der Waals surface area contributed by atoms with Gasteiger partial charge in [-0.15, -0.1) is 0 Å². The molecule has 0 bridgehead atoms. The molecule has 0 atom stereocenters. The zero-order valence-electron chi connectivity index (χ0n) is 15.0. The first-order valence-electron chi connectivity index (χ1n) is 7.98. The Hall–Kier alpha value is -2.39. The summed E-state index contributed by atoms with van der Waals surface area (Å²) < 4.78 is 29.4. The molecule has 138 valence electrons. The van der Waals surface area contributed by atoms with E-state index < -0.39 is 11.6 Å². The van der Waals surface area contributed by atoms with Gasteiger partial charge in [0.1, 0.15) is 17.0 Å². The average Bonchev–Trinajstić information content (AvgIpc) is 3.10. The van der Waals surface area contributed by atoms with Gasteiger partial charge in [-0.25, -0.2) is 13.8 Å². The molecule has 0 spiro atoms. The SMILES string of the molecule is Cc1cnn(C)c1C(=O)N(CCN(C)C)c1nc2c(F)cc(F)cc2s1. The number of fused-ring (bicyclic) bond motifs is 1. The van der Waals surface area contributed by atoms with Gasteiger partial charge in [0.2, 0.25) is 0 Å². The van der Waals surface area contributed by atoms with Crippen LogP contribution < -0.4 is 4.90 Å². The number of aryl methyl sites for hydroxylation is 2. The number of carbonyl (C=O) groups excluding carboxylic acids is 1. The number of nitrogens with zero attached hydrogens (tertiary/aromatic N) is 5. The van der Waals surface area contributed by atoms with E-state index in [1.54, 1.807) is 20.2 Å². The summed E-state index contributed by atoms with van der Waals surface area (Å²) in [6.45, 7) is 2.76. The maximum atomic E-state index is 14.0. The van der Waals surface area contributed by atoms with Crippen molar-refractivity contribution >= 4 is 32.6 Å². The fourth-order valence-corrected chi connectivity index (χ4v) is 3.66. The predicted molar refractivity (Wildman–Crippen MR) is 97.7 cm³/mol. The molecule has 26 heavy (non-hydrogen) atoms. The summed E-state index contributed by atoms with van der Waals surface area (Å²) >= 11 is 1.09. The largest absolute Gasteiger partial charge is 0.308 e. The number of rotatable bonds is 5. The van der Waals surface area contributed by atoms with Crippen molar-refractivity contribution in [2.75, 3.05) is 32.1 Å². The van der Waals surface area contributed by atoms with E-state index in [0.29, 0.717) is 28.6 Å². The number of hydrogen-bond donors (Lipinski definition) is 0. The fraction of sp³-hybridized carbons (Fsp3) is 0.353. The summed E-state index contributed by atoms with van der Waals surface area (Å²) in [6.07, 6.45) is 1.62. The molecular formula is C17H19F2N5OS. The molecule has 0 aliphatic rings. The van der Waals surface area contributed by atoms with E-state index in [-0.39, 0.29) is 11.4 Å². The molecule has 0 aliphatic heterocycles. The Bertz CT molecular complexity index is 946. The van der Waals surface area contributed by atoms with Crippen molar-refractivity contribution in [1.82, 2.24) is 19.7 Å². The van der Waals surface area contributed by atoms with Crippen molar-refractivity contribution in [2.24, 2.45) is 7.05 Å². The first kappa shape index (κ1) is 18.4. The number of aromatic nitrogens is 3. The van der Waals surface area contributed by atoms with Crippen LogP contribution in [-0.2, 0) is 7.05 Å². The highest BCUT2D eigenvalue weighted by atomic mass is 32.1. The molecule has 3 rings (SSSR count). The summed E-state index contributed by atoms with van der Waals surface area (Å²) in [5.41, 5.74) is 1.25. The van der Waals surface area contributed by atoms with E-state index >= 15 is 0 Å². The maximum Gasteiger partial charge on any atom is 0.278 e. The van der Waals surface area contributed by atoms with Crippen molar-refractivity contribution < 1.29 is 13.6 Å². The Morgan fingerprint density at radius 1 is 1.27 bits per heavy atom. The van der Waals surface area contributed by atoms with Crippen molar-refractivity contribution in [3.8, 4) is 0 Å². The smallest absolute Gasteiger partial charge is 0.278 e. The number of amides is 1. The second kappa shape index (κ2) is 7.08. The van der Waals surface area contributed by atoms with E-state index in [4.69, 9.17) is 0 Å². The Balaban J connectivity index is 2.06. The minimum Gasteiger partial charge on any atom is -0.308 e. The lowest BCUT2D eigenvalue weighted by atomic mass is 10.2. The van der Waals surface area contributed by atoms with Crippen molar-refractivity contribution in [2.45, 2.75) is 6.92 Å². The van der Waals surface area contributed by atoms with E-state index in [9.17, 15) is 13.6 Å². The molecule has 9 heteroatoms. The van der Waals surface area contributed by atoms with Crippen LogP contribution in [0.2, 0.25) is 0 Å². The molecule has 0 aliphatic carbocycles. The molecule has 3 aromatic rings. The van der Waals surface area contributed by atoms with Crippen LogP contribution in [0.1, 0.15) is 16.1 Å². The highest BCUT2D eigenvalue weighted by Crippen LogP contribution is 2.32. The van der Waals surface area contributed by atoms with Crippen LogP contribution in [-0.4, -0.2) is 52.8 Å². The van der Waals surface area contributed by atoms with Gasteiger partial charge in [0.25, 0.3) is 5.91 Å². The van der Waals surface area contributed by atoms with Gasteiger partial charge in [-0.2, -0.15) is 5.10 Å². The van der Waals surface area contributed by atoms with Gasteiger partial charge in [-0.1, -0.05) is 11.3 Å². The van der Waals surface area contributed by atoms with Gasteiger partial charge in [-0.05, 0) is 32.6 Å². The van der Waals surface area contributed by atoms with Crippen LogP contribution in [0.4, 0.5) is 13.9 Å². The summed E-state index contributed by atoms with van der Waals surface area (Å²) in [7, 11) is 5.48. The standard InChI is InChI=1S/C17H19F2N5OS/c1-10-9-20-23(4)15(10)16(25)24(6-5-22(2)3)17-21-14-12(19)7-11(18)8-13(14)26-17/h7-9H,5-6H2,1-4H3. The van der Waals surface area contributed by atoms with Crippen LogP contribution in [0.15, 0.2) is 18.3 Å². The highest BCUT2D eigenvalue weighted by molar-refractivity contribution is 7.22. The molecule has 0 saturated heterocycles. The second-order valence-electron chi connectivity index (χ2n) is 6.29. The van der Waals surface area contributed by atoms with Gasteiger partial charge in [0, 0.05) is 26.2 Å². The van der Waals surface area contributed by atoms with Crippen LogP contribution in [0.25, 0.3) is 10.2 Å². The number of benzene rings is 1. The van der Waals surface area contributed by atoms with Crippen molar-refractivity contribution in [1.29, 1.82) is 0 Å². The topological polar surface area (TPSA) is 54.3 Å². The minimum atomic E-state index is -0.737. The number of likely N-dealkylation sites (N-methyl/N-ethyl adjacent to an activating group) is 1. The summed E-state index contributed by atoms with van der Waals surface area (Å²) in [5, 5.41) is 4.44. The third-order valence-corrected chi connectivity index (χ3v) is 5.00. The molecule has 0 saturated carbocycles. The van der Waals surface area contributed by atoms with Gasteiger partial charge in [0.05, 0.1) is 10.9 Å². The summed E-state index contributed by atoms with van der Waals surface area (Å²) in [6, 6.07) is 2.02. The second-order valence-corrected chi connectivity index (χ2v) is 7.30. The molecule has 1 amide bonds. The Labute approximate surface area is 153 Å². The molecule has 0 radical (unpaired) electrons. The molecular weight excluding hydrogens is 360 g/mol. The number of halogens is 2. The Morgan fingerprint density at radius 2 is 2.00 bits per heavy atom. The number of carbonyl (C=O) groups is 1. The monoisotopic (exact) mass is 379 g/mol. The molecule has 0 fully saturated rings. The molecule has 2 heterocycles. The van der Waals surface area contributed by atoms with Crippen molar-refractivity contribution in [3.05, 3.63) is 41.2 Å². The molecule has 6 nitrogen and oxygen atoms in total. The number of thiazole rings is 1. The fourth-order valence-electron chi connectivity index (χ4n) is 2.63. The van der Waals surface area contributed by atoms with Gasteiger partial charge in [0.15, 0.2) is 10.9 Å². The average molecular weight is 379 g/mol. The lowest BCUT2D eigenvalue weighted by Gasteiger charge is -2.22. The molecule has 2 aromatic heterocycles. The lowest BCUT2D eigenvalue weighted by molar-refractivity contribution is 0.0975. The predicted octanol–water partition coefficient (Wildman–Crippen LogP) is 2.82. The summed E-state index contributed by atoms with van der Waals surface area (Å²) in [4.78, 5) is 20.8. The molecule has 0 N–H and O–H groups in total. The van der Waals surface area contributed by atoms with E-state index in [1.807, 2.05) is 19.0 Å². The zero-order valence-corrected chi connectivity index (χ0v) is 15.8. The van der Waals surface area contributed by atoms with Gasteiger partial charge >= 0.3 is 0 Å². The number of hydrogen-bond acceptors (Lipinski definition) is 5. The maximum absolute atomic E-state index is 14.0. The first-order valence-corrected chi connectivity index (χ1v) is 8.80. The third kappa shape index (κ3) is 3.45. The number of anilines is 1. The minimum absolute atomic E-state index is 0.0655. The van der Waals surface area contributed by atoms with E-state index in [0.717, 1.165) is 23.0 Å². The normalized spacial score (nSPS) is 11.5. The van der Waals surface area contributed by atoms with Crippen LogP contribution in [0.3, 0.4) is 0 Å². The summed E-state index contributed by atoms with van der Waals surface area (Å²) in [5.74, 6) is -1.68. The van der Waals surface area contributed by atoms with Crippen LogP contribution in [0, 0.1) is 18.6 Å². The van der Waals surface area contributed by atoms with Crippen molar-refractivity contribution in [3.63, 3.8) is 0 Å². The first-order chi connectivity index (χ1) is 12.3. The highest BCUT2D eigenvalue weighted by Gasteiger charge is 2.26. The van der Waals surface area contributed by atoms with E-state index in [1.165, 1.54) is 15.6 Å². The molecule has 1 aromatic carbocycles. The van der Waals surface area contributed by atoms with E-state index in [2.05, 4.69) is 10.1 Å². The lowest BCUT2D eigenvalue weighted by Crippen LogP contribution is -2.38. The molecule has 0 unspecified atom stereocenters.